The van der Waals surface area contributed by atoms with Gasteiger partial charge in [-0.15, -0.1) is 0 Å². The summed E-state index contributed by atoms with van der Waals surface area (Å²) >= 11 is 0. The van der Waals surface area contributed by atoms with Crippen LogP contribution in [0.1, 0.15) is 20.3 Å². The van der Waals surface area contributed by atoms with Crippen LogP contribution in [0.3, 0.4) is 0 Å². The fourth-order valence-corrected chi connectivity index (χ4v) is 1.09. The predicted molar refractivity (Wildman–Crippen MR) is 37.5 cm³/mol. The summed E-state index contributed by atoms with van der Waals surface area (Å²) in [6.45, 7) is 6.34. The van der Waals surface area contributed by atoms with Crippen LogP contribution in [0.25, 0.3) is 0 Å². The van der Waals surface area contributed by atoms with Crippen molar-refractivity contribution in [3.05, 3.63) is 0 Å². The van der Waals surface area contributed by atoms with E-state index in [-0.39, 0.29) is 0 Å². The van der Waals surface area contributed by atoms with Crippen molar-refractivity contribution in [3.63, 3.8) is 0 Å². The maximum atomic E-state index is 5.15. The van der Waals surface area contributed by atoms with Crippen LogP contribution in [0.4, 0.5) is 0 Å². The lowest BCUT2D eigenvalue weighted by molar-refractivity contribution is 0.338. The molecule has 2 atom stereocenters. The second kappa shape index (κ2) is 3.18. The van der Waals surface area contributed by atoms with E-state index in [0.717, 1.165) is 13.2 Å². The van der Waals surface area contributed by atoms with Gasteiger partial charge in [0.1, 0.15) is 0 Å². The molecule has 1 aliphatic heterocycles. The minimum absolute atomic E-state index is 0.523. The standard InChI is InChI=1S/C7H15NO/c1-3-6(8-4-2)7-5-9-7/h6-8H,3-5H2,1-2H3. The molecular formula is C7H15NO. The average molecular weight is 129 g/mol. The highest BCUT2D eigenvalue weighted by Crippen LogP contribution is 2.15. The van der Waals surface area contributed by atoms with E-state index in [1.807, 2.05) is 0 Å². The molecule has 1 rings (SSSR count). The predicted octanol–water partition coefficient (Wildman–Crippen LogP) is 0.773. The van der Waals surface area contributed by atoms with E-state index in [1.54, 1.807) is 0 Å². The van der Waals surface area contributed by atoms with Gasteiger partial charge in [0.25, 0.3) is 0 Å². The third-order valence-corrected chi connectivity index (χ3v) is 1.71. The van der Waals surface area contributed by atoms with Gasteiger partial charge in [0.05, 0.1) is 12.7 Å². The van der Waals surface area contributed by atoms with Crippen LogP contribution in [0.2, 0.25) is 0 Å². The Bertz CT molecular complexity index is 81.0. The average Bonchev–Trinajstić information content (AvgIpc) is 2.64. The number of hydrogen-bond acceptors (Lipinski definition) is 2. The van der Waals surface area contributed by atoms with Crippen molar-refractivity contribution < 1.29 is 4.74 Å². The molecule has 0 spiro atoms. The Morgan fingerprint density at radius 3 is 2.67 bits per heavy atom. The molecule has 0 radical (unpaired) electrons. The molecule has 0 saturated carbocycles. The molecule has 1 saturated heterocycles. The van der Waals surface area contributed by atoms with Crippen LogP contribution in [-0.4, -0.2) is 25.3 Å². The zero-order chi connectivity index (χ0) is 6.69. The van der Waals surface area contributed by atoms with Crippen molar-refractivity contribution in [1.82, 2.24) is 5.32 Å². The first-order chi connectivity index (χ1) is 4.38. The van der Waals surface area contributed by atoms with Crippen LogP contribution < -0.4 is 5.32 Å². The minimum atomic E-state index is 0.523. The molecule has 1 fully saturated rings. The van der Waals surface area contributed by atoms with Gasteiger partial charge in [-0.2, -0.15) is 0 Å². The van der Waals surface area contributed by atoms with E-state index in [1.165, 1.54) is 6.42 Å². The number of hydrogen-bond donors (Lipinski definition) is 1. The number of rotatable bonds is 4. The second-order valence-electron chi connectivity index (χ2n) is 2.44. The molecule has 1 aliphatic rings. The van der Waals surface area contributed by atoms with E-state index in [0.29, 0.717) is 12.1 Å². The van der Waals surface area contributed by atoms with Crippen molar-refractivity contribution in [2.75, 3.05) is 13.2 Å². The van der Waals surface area contributed by atoms with Gasteiger partial charge in [-0.25, -0.2) is 0 Å². The lowest BCUT2D eigenvalue weighted by atomic mass is 10.2. The molecule has 0 amide bonds. The van der Waals surface area contributed by atoms with Gasteiger partial charge >= 0.3 is 0 Å². The number of likely N-dealkylation sites (N-methyl/N-ethyl adjacent to an activating group) is 1. The lowest BCUT2D eigenvalue weighted by Crippen LogP contribution is -2.32. The van der Waals surface area contributed by atoms with Crippen molar-refractivity contribution in [1.29, 1.82) is 0 Å². The zero-order valence-electron chi connectivity index (χ0n) is 6.18. The SMILES string of the molecule is CCNC(CC)C1CO1. The third-order valence-electron chi connectivity index (χ3n) is 1.71. The molecule has 0 aromatic rings. The Morgan fingerprint density at radius 2 is 2.33 bits per heavy atom. The Hall–Kier alpha value is -0.0800. The molecule has 0 aromatic carbocycles. The van der Waals surface area contributed by atoms with Crippen molar-refractivity contribution >= 4 is 0 Å². The van der Waals surface area contributed by atoms with Crippen molar-refractivity contribution in [2.45, 2.75) is 32.4 Å². The lowest BCUT2D eigenvalue weighted by Gasteiger charge is -2.11. The highest BCUT2D eigenvalue weighted by Gasteiger charge is 2.30. The highest BCUT2D eigenvalue weighted by atomic mass is 16.6. The Kier molecular flexibility index (Phi) is 2.49. The van der Waals surface area contributed by atoms with Gasteiger partial charge in [0.2, 0.25) is 0 Å². The quantitative estimate of drug-likeness (QED) is 0.567. The molecule has 2 nitrogen and oxygen atoms in total. The van der Waals surface area contributed by atoms with Gasteiger partial charge in [0.15, 0.2) is 0 Å². The van der Waals surface area contributed by atoms with E-state index >= 15 is 0 Å². The summed E-state index contributed by atoms with van der Waals surface area (Å²) < 4.78 is 5.15. The number of ether oxygens (including phenoxy) is 1. The van der Waals surface area contributed by atoms with Gasteiger partial charge < -0.3 is 10.1 Å². The Labute approximate surface area is 56.6 Å². The maximum Gasteiger partial charge on any atom is 0.0962 e. The van der Waals surface area contributed by atoms with E-state index in [4.69, 9.17) is 4.74 Å². The smallest absolute Gasteiger partial charge is 0.0962 e. The van der Waals surface area contributed by atoms with E-state index < -0.39 is 0 Å². The van der Waals surface area contributed by atoms with Crippen molar-refractivity contribution in [2.24, 2.45) is 0 Å². The fraction of sp³-hybridized carbons (Fsp3) is 1.00. The monoisotopic (exact) mass is 129 g/mol. The fourth-order valence-electron chi connectivity index (χ4n) is 1.09. The first-order valence-electron chi connectivity index (χ1n) is 3.73. The van der Waals surface area contributed by atoms with E-state index in [2.05, 4.69) is 19.2 Å². The van der Waals surface area contributed by atoms with Gasteiger partial charge in [0, 0.05) is 6.04 Å². The molecular weight excluding hydrogens is 114 g/mol. The van der Waals surface area contributed by atoms with Crippen LogP contribution in [0.15, 0.2) is 0 Å². The third kappa shape index (κ3) is 1.95. The molecule has 0 bridgehead atoms. The van der Waals surface area contributed by atoms with E-state index in [9.17, 15) is 0 Å². The first-order valence-corrected chi connectivity index (χ1v) is 3.73. The van der Waals surface area contributed by atoms with Crippen LogP contribution in [0, 0.1) is 0 Å². The zero-order valence-corrected chi connectivity index (χ0v) is 6.18. The van der Waals surface area contributed by atoms with Gasteiger partial charge in [-0.3, -0.25) is 0 Å². The molecule has 1 heterocycles. The summed E-state index contributed by atoms with van der Waals surface area (Å²) in [5, 5.41) is 3.37. The molecule has 9 heavy (non-hydrogen) atoms. The molecule has 2 heteroatoms. The molecule has 2 unspecified atom stereocenters. The molecule has 54 valence electrons. The van der Waals surface area contributed by atoms with Crippen LogP contribution >= 0.6 is 0 Å². The number of nitrogens with one attached hydrogen (secondary N) is 1. The summed E-state index contributed by atoms with van der Waals surface area (Å²) in [5.74, 6) is 0. The van der Waals surface area contributed by atoms with Gasteiger partial charge in [-0.1, -0.05) is 13.8 Å². The normalized spacial score (nSPS) is 28.0. The molecule has 0 aromatic heterocycles. The summed E-state index contributed by atoms with van der Waals surface area (Å²) in [6, 6.07) is 0.606. The molecule has 1 N–H and O–H groups in total. The van der Waals surface area contributed by atoms with Crippen LogP contribution in [0.5, 0.6) is 0 Å². The number of epoxide rings is 1. The van der Waals surface area contributed by atoms with Crippen molar-refractivity contribution in [3.8, 4) is 0 Å². The maximum absolute atomic E-state index is 5.15. The topological polar surface area (TPSA) is 24.6 Å². The second-order valence-corrected chi connectivity index (χ2v) is 2.44. The first kappa shape index (κ1) is 7.03. The summed E-state index contributed by atoms with van der Waals surface area (Å²) in [7, 11) is 0. The molecule has 0 aliphatic carbocycles. The summed E-state index contributed by atoms with van der Waals surface area (Å²) in [5.41, 5.74) is 0. The highest BCUT2D eigenvalue weighted by molar-refractivity contribution is 4.83. The Morgan fingerprint density at radius 1 is 1.67 bits per heavy atom. The largest absolute Gasteiger partial charge is 0.371 e. The minimum Gasteiger partial charge on any atom is -0.371 e. The Balaban J connectivity index is 2.12. The summed E-state index contributed by atoms with van der Waals surface area (Å²) in [4.78, 5) is 0. The summed E-state index contributed by atoms with van der Waals surface area (Å²) in [6.07, 6.45) is 1.70. The van der Waals surface area contributed by atoms with Crippen LogP contribution in [-0.2, 0) is 4.74 Å². The van der Waals surface area contributed by atoms with Gasteiger partial charge in [-0.05, 0) is 13.0 Å².